The van der Waals surface area contributed by atoms with Crippen molar-refractivity contribution >= 4 is 5.91 Å². The number of piperidine rings is 1. The summed E-state index contributed by atoms with van der Waals surface area (Å²) >= 11 is 0. The molecule has 0 bridgehead atoms. The molecule has 1 saturated heterocycles. The SMILES string of the molecule is Cc1onc(-c2ccccc2)c1C(=O)NC1CCCN(Cc2ccccn2)C1. The predicted octanol–water partition coefficient (Wildman–Crippen LogP) is 3.44. The Hall–Kier alpha value is -2.99. The van der Waals surface area contributed by atoms with Crippen LogP contribution in [0.25, 0.3) is 11.3 Å². The number of rotatable bonds is 5. The summed E-state index contributed by atoms with van der Waals surface area (Å²) in [5.41, 5.74) is 3.05. The van der Waals surface area contributed by atoms with Gasteiger partial charge in [0.25, 0.3) is 5.91 Å². The third-order valence-electron chi connectivity index (χ3n) is 5.09. The van der Waals surface area contributed by atoms with Crippen molar-refractivity contribution < 1.29 is 9.32 Å². The number of amides is 1. The zero-order valence-electron chi connectivity index (χ0n) is 16.0. The lowest BCUT2D eigenvalue weighted by atomic mass is 10.0. The van der Waals surface area contributed by atoms with Crippen LogP contribution in [0.2, 0.25) is 0 Å². The molecular weight excluding hydrogens is 352 g/mol. The van der Waals surface area contributed by atoms with Crippen LogP contribution in [0.4, 0.5) is 0 Å². The van der Waals surface area contributed by atoms with Crippen LogP contribution in [0.1, 0.15) is 34.7 Å². The number of nitrogens with zero attached hydrogens (tertiary/aromatic N) is 3. The van der Waals surface area contributed by atoms with Crippen LogP contribution < -0.4 is 5.32 Å². The number of likely N-dealkylation sites (tertiary alicyclic amines) is 1. The van der Waals surface area contributed by atoms with Crippen LogP contribution in [0.5, 0.6) is 0 Å². The summed E-state index contributed by atoms with van der Waals surface area (Å²) in [7, 11) is 0. The molecule has 3 heterocycles. The minimum absolute atomic E-state index is 0.0999. The van der Waals surface area contributed by atoms with Gasteiger partial charge in [0.15, 0.2) is 0 Å². The Morgan fingerprint density at radius 2 is 2.04 bits per heavy atom. The Kier molecular flexibility index (Phi) is 5.48. The fourth-order valence-corrected chi connectivity index (χ4v) is 3.73. The predicted molar refractivity (Wildman–Crippen MR) is 107 cm³/mol. The van der Waals surface area contributed by atoms with Gasteiger partial charge in [-0.3, -0.25) is 14.7 Å². The maximum atomic E-state index is 13.0. The molecule has 0 spiro atoms. The standard InChI is InChI=1S/C22H24N4O2/c1-16-20(21(25-28-16)17-8-3-2-4-9-17)22(27)24-19-11-7-13-26(15-19)14-18-10-5-6-12-23-18/h2-6,8-10,12,19H,7,11,13-15H2,1H3,(H,24,27). The van der Waals surface area contributed by atoms with E-state index in [1.54, 1.807) is 6.92 Å². The molecule has 6 nitrogen and oxygen atoms in total. The molecule has 1 atom stereocenters. The second kappa shape index (κ2) is 8.35. The Balaban J connectivity index is 1.45. The average molecular weight is 376 g/mol. The van der Waals surface area contributed by atoms with Crippen molar-refractivity contribution in [3.05, 3.63) is 71.7 Å². The van der Waals surface area contributed by atoms with Gasteiger partial charge in [-0.1, -0.05) is 41.6 Å². The molecule has 0 saturated carbocycles. The summed E-state index contributed by atoms with van der Waals surface area (Å²) in [6.45, 7) is 4.41. The van der Waals surface area contributed by atoms with E-state index in [1.165, 1.54) is 0 Å². The number of nitrogens with one attached hydrogen (secondary N) is 1. The van der Waals surface area contributed by atoms with E-state index >= 15 is 0 Å². The van der Waals surface area contributed by atoms with E-state index in [1.807, 2.05) is 54.7 Å². The van der Waals surface area contributed by atoms with E-state index in [0.717, 1.165) is 43.7 Å². The molecule has 4 rings (SSSR count). The van der Waals surface area contributed by atoms with Gasteiger partial charge in [0.2, 0.25) is 0 Å². The molecule has 28 heavy (non-hydrogen) atoms. The van der Waals surface area contributed by atoms with Crippen LogP contribution in [-0.4, -0.2) is 40.1 Å². The van der Waals surface area contributed by atoms with Crippen LogP contribution in [0, 0.1) is 6.92 Å². The van der Waals surface area contributed by atoms with Crippen LogP contribution in [-0.2, 0) is 6.54 Å². The summed E-state index contributed by atoms with van der Waals surface area (Å²) in [4.78, 5) is 19.8. The minimum atomic E-state index is -0.123. The first-order valence-electron chi connectivity index (χ1n) is 9.65. The van der Waals surface area contributed by atoms with Gasteiger partial charge in [0.05, 0.1) is 5.69 Å². The van der Waals surface area contributed by atoms with Crippen LogP contribution in [0.15, 0.2) is 59.3 Å². The van der Waals surface area contributed by atoms with Crippen molar-refractivity contribution in [2.45, 2.75) is 32.4 Å². The molecule has 0 aliphatic carbocycles. The van der Waals surface area contributed by atoms with Crippen molar-refractivity contribution in [1.29, 1.82) is 0 Å². The molecule has 1 aromatic carbocycles. The Morgan fingerprint density at radius 3 is 2.82 bits per heavy atom. The van der Waals surface area contributed by atoms with Crippen molar-refractivity contribution in [2.24, 2.45) is 0 Å². The number of aromatic nitrogens is 2. The number of hydrogen-bond acceptors (Lipinski definition) is 5. The first-order chi connectivity index (χ1) is 13.7. The highest BCUT2D eigenvalue weighted by Gasteiger charge is 2.26. The summed E-state index contributed by atoms with van der Waals surface area (Å²) in [6.07, 6.45) is 3.83. The van der Waals surface area contributed by atoms with Crippen LogP contribution >= 0.6 is 0 Å². The van der Waals surface area contributed by atoms with Gasteiger partial charge >= 0.3 is 0 Å². The highest BCUT2D eigenvalue weighted by atomic mass is 16.5. The fraction of sp³-hybridized carbons (Fsp3) is 0.318. The van der Waals surface area contributed by atoms with Crippen molar-refractivity contribution in [2.75, 3.05) is 13.1 Å². The van der Waals surface area contributed by atoms with E-state index in [2.05, 4.69) is 20.4 Å². The lowest BCUT2D eigenvalue weighted by molar-refractivity contribution is 0.0899. The second-order valence-corrected chi connectivity index (χ2v) is 7.20. The molecule has 1 unspecified atom stereocenters. The second-order valence-electron chi connectivity index (χ2n) is 7.20. The number of carbonyl (C=O) groups excluding carboxylic acids is 1. The number of carbonyl (C=O) groups is 1. The van der Waals surface area contributed by atoms with Gasteiger partial charge in [-0.05, 0) is 38.4 Å². The summed E-state index contributed by atoms with van der Waals surface area (Å²) in [5.74, 6) is 0.416. The highest BCUT2D eigenvalue weighted by Crippen LogP contribution is 2.25. The van der Waals surface area contributed by atoms with E-state index in [4.69, 9.17) is 4.52 Å². The average Bonchev–Trinajstić information content (AvgIpc) is 3.11. The first-order valence-corrected chi connectivity index (χ1v) is 9.65. The third kappa shape index (κ3) is 4.12. The smallest absolute Gasteiger partial charge is 0.257 e. The molecule has 1 aliphatic heterocycles. The van der Waals surface area contributed by atoms with Crippen molar-refractivity contribution in [3.8, 4) is 11.3 Å². The number of hydrogen-bond donors (Lipinski definition) is 1. The van der Waals surface area contributed by atoms with Crippen molar-refractivity contribution in [1.82, 2.24) is 20.4 Å². The first kappa shape index (κ1) is 18.4. The monoisotopic (exact) mass is 376 g/mol. The molecule has 3 aromatic rings. The number of pyridine rings is 1. The number of aryl methyl sites for hydroxylation is 1. The molecule has 1 amide bonds. The molecular formula is C22H24N4O2. The van der Waals surface area contributed by atoms with Gasteiger partial charge in [-0.25, -0.2) is 0 Å². The van der Waals surface area contributed by atoms with E-state index in [-0.39, 0.29) is 11.9 Å². The lowest BCUT2D eigenvalue weighted by Crippen LogP contribution is -2.47. The Morgan fingerprint density at radius 1 is 1.21 bits per heavy atom. The summed E-state index contributed by atoms with van der Waals surface area (Å²) in [6, 6.07) is 15.7. The maximum absolute atomic E-state index is 13.0. The van der Waals surface area contributed by atoms with E-state index in [0.29, 0.717) is 17.0 Å². The van der Waals surface area contributed by atoms with Crippen molar-refractivity contribution in [3.63, 3.8) is 0 Å². The zero-order chi connectivity index (χ0) is 19.3. The molecule has 1 fully saturated rings. The van der Waals surface area contributed by atoms with E-state index < -0.39 is 0 Å². The third-order valence-corrected chi connectivity index (χ3v) is 5.09. The fourth-order valence-electron chi connectivity index (χ4n) is 3.73. The van der Waals surface area contributed by atoms with Gasteiger partial charge < -0.3 is 9.84 Å². The lowest BCUT2D eigenvalue weighted by Gasteiger charge is -2.32. The van der Waals surface area contributed by atoms with Gasteiger partial charge in [0, 0.05) is 30.9 Å². The quantitative estimate of drug-likeness (QED) is 0.739. The topological polar surface area (TPSA) is 71.3 Å². The maximum Gasteiger partial charge on any atom is 0.257 e. The zero-order valence-corrected chi connectivity index (χ0v) is 16.0. The summed E-state index contributed by atoms with van der Waals surface area (Å²) in [5, 5.41) is 7.30. The normalized spacial score (nSPS) is 17.4. The largest absolute Gasteiger partial charge is 0.360 e. The molecule has 2 aromatic heterocycles. The van der Waals surface area contributed by atoms with Gasteiger partial charge in [-0.2, -0.15) is 0 Å². The van der Waals surface area contributed by atoms with E-state index in [9.17, 15) is 4.79 Å². The van der Waals surface area contributed by atoms with Gasteiger partial charge in [-0.15, -0.1) is 0 Å². The highest BCUT2D eigenvalue weighted by molar-refractivity contribution is 6.00. The van der Waals surface area contributed by atoms with Crippen LogP contribution in [0.3, 0.4) is 0 Å². The Labute approximate surface area is 164 Å². The molecule has 144 valence electrons. The molecule has 6 heteroatoms. The molecule has 0 radical (unpaired) electrons. The van der Waals surface area contributed by atoms with Gasteiger partial charge in [0.1, 0.15) is 17.0 Å². The molecule has 1 N–H and O–H groups in total. The molecule has 1 aliphatic rings. The number of benzene rings is 1. The summed E-state index contributed by atoms with van der Waals surface area (Å²) < 4.78 is 5.33. The minimum Gasteiger partial charge on any atom is -0.360 e. The Bertz CT molecular complexity index is 924.